The molecule has 0 spiro atoms. The van der Waals surface area contributed by atoms with Crippen LogP contribution in [0.2, 0.25) is 5.02 Å². The molecule has 2 amide bonds. The number of hydrogen-bond acceptors (Lipinski definition) is 4. The maximum atomic E-state index is 13.2. The molecule has 0 radical (unpaired) electrons. The third kappa shape index (κ3) is 6.37. The highest BCUT2D eigenvalue weighted by Crippen LogP contribution is 2.26. The molecule has 3 aromatic carbocycles. The molecule has 0 aliphatic rings. The fourth-order valence-corrected chi connectivity index (χ4v) is 4.17. The third-order valence-electron chi connectivity index (χ3n) is 5.69. The number of rotatable bonds is 9. The van der Waals surface area contributed by atoms with E-state index in [-0.39, 0.29) is 24.3 Å². The van der Waals surface area contributed by atoms with Crippen LogP contribution in [0.15, 0.2) is 85.1 Å². The Labute approximate surface area is 221 Å². The lowest BCUT2D eigenvalue weighted by atomic mass is 10.1. The van der Waals surface area contributed by atoms with Gasteiger partial charge in [0, 0.05) is 24.0 Å². The van der Waals surface area contributed by atoms with Gasteiger partial charge in [0.15, 0.2) is 0 Å². The third-order valence-corrected chi connectivity index (χ3v) is 6.02. The number of hydrogen-bond donors (Lipinski definition) is 1. The van der Waals surface area contributed by atoms with Crippen LogP contribution in [0.1, 0.15) is 24.2 Å². The van der Waals surface area contributed by atoms with E-state index in [4.69, 9.17) is 21.3 Å². The van der Waals surface area contributed by atoms with Crippen molar-refractivity contribution in [3.8, 4) is 22.7 Å². The van der Waals surface area contributed by atoms with Gasteiger partial charge in [-0.3, -0.25) is 19.5 Å². The minimum atomic E-state index is -0.356. The number of imidazole rings is 1. The molecule has 7 nitrogen and oxygen atoms in total. The minimum absolute atomic E-state index is 0.137. The van der Waals surface area contributed by atoms with E-state index in [2.05, 4.69) is 5.32 Å². The number of nitrogens with zero attached hydrogens (tertiary/aromatic N) is 3. The first-order chi connectivity index (χ1) is 17.9. The Bertz CT molecular complexity index is 1370. The van der Waals surface area contributed by atoms with Crippen LogP contribution in [-0.4, -0.2) is 46.5 Å². The number of carbonyl (C=O) groups is 2. The van der Waals surface area contributed by atoms with E-state index in [1.165, 1.54) is 4.90 Å². The van der Waals surface area contributed by atoms with Crippen molar-refractivity contribution in [2.75, 3.05) is 25.5 Å². The second kappa shape index (κ2) is 11.8. The summed E-state index contributed by atoms with van der Waals surface area (Å²) in [5.41, 5.74) is 2.77. The number of amides is 2. The van der Waals surface area contributed by atoms with Crippen LogP contribution < -0.4 is 10.1 Å². The van der Waals surface area contributed by atoms with Crippen LogP contribution in [0, 0.1) is 5.92 Å². The molecule has 1 aromatic heterocycles. The highest BCUT2D eigenvalue weighted by atomic mass is 35.5. The molecule has 0 atom stereocenters. The van der Waals surface area contributed by atoms with Gasteiger partial charge in [-0.15, -0.1) is 0 Å². The van der Waals surface area contributed by atoms with Crippen LogP contribution in [0.25, 0.3) is 16.9 Å². The van der Waals surface area contributed by atoms with Gasteiger partial charge in [-0.25, -0.2) is 4.98 Å². The first-order valence-electron chi connectivity index (χ1n) is 12.0. The molecule has 0 saturated carbocycles. The van der Waals surface area contributed by atoms with Crippen molar-refractivity contribution in [3.63, 3.8) is 0 Å². The predicted octanol–water partition coefficient (Wildman–Crippen LogP) is 5.94. The summed E-state index contributed by atoms with van der Waals surface area (Å²) in [6.45, 7) is 4.26. The molecule has 190 valence electrons. The number of methoxy groups -OCH3 is 1. The van der Waals surface area contributed by atoms with Crippen molar-refractivity contribution < 1.29 is 14.3 Å². The second-order valence-electron chi connectivity index (χ2n) is 8.99. The van der Waals surface area contributed by atoms with Gasteiger partial charge in [0.25, 0.3) is 5.91 Å². The fraction of sp³-hybridized carbons (Fsp3) is 0.207. The van der Waals surface area contributed by atoms with Crippen molar-refractivity contribution in [2.45, 2.75) is 13.8 Å². The van der Waals surface area contributed by atoms with Crippen LogP contribution in [0.4, 0.5) is 5.95 Å². The Hall–Kier alpha value is -4.10. The lowest BCUT2D eigenvalue weighted by molar-refractivity contribution is -0.117. The molecule has 37 heavy (non-hydrogen) atoms. The van der Waals surface area contributed by atoms with E-state index in [0.29, 0.717) is 28.8 Å². The maximum absolute atomic E-state index is 13.2. The molecule has 0 saturated heterocycles. The van der Waals surface area contributed by atoms with Crippen LogP contribution in [-0.2, 0) is 4.79 Å². The topological polar surface area (TPSA) is 76.5 Å². The van der Waals surface area contributed by atoms with Gasteiger partial charge >= 0.3 is 0 Å². The van der Waals surface area contributed by atoms with Crippen molar-refractivity contribution >= 4 is 29.4 Å². The maximum Gasteiger partial charge on any atom is 0.255 e. The van der Waals surface area contributed by atoms with Crippen molar-refractivity contribution in [3.05, 3.63) is 95.6 Å². The monoisotopic (exact) mass is 516 g/mol. The van der Waals surface area contributed by atoms with Gasteiger partial charge in [-0.05, 0) is 54.4 Å². The molecular formula is C29H29ClN4O3. The highest BCUT2D eigenvalue weighted by Gasteiger charge is 2.23. The first kappa shape index (κ1) is 26.0. The van der Waals surface area contributed by atoms with Gasteiger partial charge < -0.3 is 9.64 Å². The summed E-state index contributed by atoms with van der Waals surface area (Å²) >= 11 is 6.27. The number of nitrogens with one attached hydrogen (secondary N) is 1. The molecule has 8 heteroatoms. The first-order valence-corrected chi connectivity index (χ1v) is 12.4. The minimum Gasteiger partial charge on any atom is -0.497 e. The number of halogens is 1. The molecule has 0 aliphatic heterocycles. The summed E-state index contributed by atoms with van der Waals surface area (Å²) in [5.74, 6) is 0.613. The second-order valence-corrected chi connectivity index (χ2v) is 9.40. The Morgan fingerprint density at radius 3 is 2.32 bits per heavy atom. The largest absolute Gasteiger partial charge is 0.497 e. The lowest BCUT2D eigenvalue weighted by Crippen LogP contribution is -2.40. The Balaban J connectivity index is 1.61. The number of para-hydroxylation sites is 1. The normalized spacial score (nSPS) is 10.8. The van der Waals surface area contributed by atoms with Crippen molar-refractivity contribution in [2.24, 2.45) is 5.92 Å². The molecule has 0 bridgehead atoms. The van der Waals surface area contributed by atoms with Gasteiger partial charge in [0.05, 0.1) is 23.4 Å². The number of benzene rings is 3. The van der Waals surface area contributed by atoms with Gasteiger partial charge in [-0.2, -0.15) is 0 Å². The van der Waals surface area contributed by atoms with Gasteiger partial charge in [0.1, 0.15) is 12.3 Å². The number of anilines is 1. The summed E-state index contributed by atoms with van der Waals surface area (Å²) < 4.78 is 7.08. The highest BCUT2D eigenvalue weighted by molar-refractivity contribution is 6.33. The molecule has 1 heterocycles. The van der Waals surface area contributed by atoms with Gasteiger partial charge in [-0.1, -0.05) is 55.8 Å². The number of carbonyl (C=O) groups excluding carboxylic acids is 2. The van der Waals surface area contributed by atoms with E-state index in [1.54, 1.807) is 31.4 Å². The van der Waals surface area contributed by atoms with Gasteiger partial charge in [0.2, 0.25) is 11.9 Å². The molecule has 0 fully saturated rings. The zero-order valence-corrected chi connectivity index (χ0v) is 21.8. The average molecular weight is 517 g/mol. The SMILES string of the molecule is COc1ccc(-c2cn(-c3ccccc3)c(NC(=O)CN(CC(C)C)C(=O)c3ccccc3Cl)n2)cc1. The van der Waals surface area contributed by atoms with Crippen LogP contribution >= 0.6 is 11.6 Å². The number of aromatic nitrogens is 2. The predicted molar refractivity (Wildman–Crippen MR) is 146 cm³/mol. The summed E-state index contributed by atoms with van der Waals surface area (Å²) in [5, 5.41) is 3.26. The summed E-state index contributed by atoms with van der Waals surface area (Å²) in [4.78, 5) is 32.7. The van der Waals surface area contributed by atoms with E-state index in [9.17, 15) is 9.59 Å². The lowest BCUT2D eigenvalue weighted by Gasteiger charge is -2.24. The zero-order valence-electron chi connectivity index (χ0n) is 21.0. The Morgan fingerprint density at radius 1 is 1.00 bits per heavy atom. The standard InChI is InChI=1S/C29H29ClN4O3/c1-20(2)17-33(28(36)24-11-7-8-12-25(24)30)19-27(35)32-29-31-26(21-13-15-23(37-3)16-14-21)18-34(29)22-9-5-4-6-10-22/h4-16,18,20H,17,19H2,1-3H3,(H,31,32,35). The quantitative estimate of drug-likeness (QED) is 0.299. The van der Waals surface area contributed by atoms with Crippen molar-refractivity contribution in [1.29, 1.82) is 0 Å². The van der Waals surface area contributed by atoms with E-state index < -0.39 is 0 Å². The van der Waals surface area contributed by atoms with Crippen LogP contribution in [0.5, 0.6) is 5.75 Å². The molecule has 4 rings (SSSR count). The fourth-order valence-electron chi connectivity index (χ4n) is 3.96. The average Bonchev–Trinajstić information content (AvgIpc) is 3.32. The van der Waals surface area contributed by atoms with Crippen LogP contribution in [0.3, 0.4) is 0 Å². The van der Waals surface area contributed by atoms with E-state index in [1.807, 2.05) is 79.2 Å². The molecule has 0 unspecified atom stereocenters. The molecule has 0 aliphatic carbocycles. The summed E-state index contributed by atoms with van der Waals surface area (Å²) in [7, 11) is 1.62. The molecular weight excluding hydrogens is 488 g/mol. The van der Waals surface area contributed by atoms with E-state index in [0.717, 1.165) is 17.0 Å². The van der Waals surface area contributed by atoms with E-state index >= 15 is 0 Å². The summed E-state index contributed by atoms with van der Waals surface area (Å²) in [6.07, 6.45) is 1.87. The number of ether oxygens (including phenoxy) is 1. The van der Waals surface area contributed by atoms with Crippen molar-refractivity contribution in [1.82, 2.24) is 14.5 Å². The summed E-state index contributed by atoms with van der Waals surface area (Å²) in [6, 6.07) is 24.0. The Kier molecular flexibility index (Phi) is 8.25. The molecule has 1 N–H and O–H groups in total. The smallest absolute Gasteiger partial charge is 0.255 e. The Morgan fingerprint density at radius 2 is 1.68 bits per heavy atom. The zero-order chi connectivity index (χ0) is 26.4. The molecule has 4 aromatic rings.